The molecule has 0 spiro atoms. The van der Waals surface area contributed by atoms with Crippen molar-refractivity contribution in [2.24, 2.45) is 5.73 Å². The first-order valence-electron chi connectivity index (χ1n) is 5.28. The van der Waals surface area contributed by atoms with Crippen molar-refractivity contribution in [3.05, 3.63) is 28.9 Å². The van der Waals surface area contributed by atoms with E-state index in [4.69, 9.17) is 17.3 Å². The van der Waals surface area contributed by atoms with E-state index in [9.17, 15) is 13.2 Å². The number of hydrogen-bond acceptors (Lipinski definition) is 3. The summed E-state index contributed by atoms with van der Waals surface area (Å²) in [6, 6.07) is 4.67. The van der Waals surface area contributed by atoms with E-state index >= 15 is 0 Å². The molecule has 8 heteroatoms. The molecule has 1 aromatic carbocycles. The molecule has 0 unspecified atom stereocenters. The van der Waals surface area contributed by atoms with Crippen LogP contribution in [0, 0.1) is 0 Å². The van der Waals surface area contributed by atoms with Gasteiger partial charge in [-0.3, -0.25) is 4.79 Å². The number of rotatable bonds is 3. The first-order chi connectivity index (χ1) is 8.75. The zero-order chi connectivity index (χ0) is 14.4. The summed E-state index contributed by atoms with van der Waals surface area (Å²) in [5.41, 5.74) is 5.56. The number of aromatic amines is 1. The number of nitrogens with one attached hydrogen (secondary N) is 1. The maximum Gasteiger partial charge on any atom is 0.266 e. The molecule has 0 bridgehead atoms. The van der Waals surface area contributed by atoms with Crippen LogP contribution < -0.4 is 5.73 Å². The van der Waals surface area contributed by atoms with Crippen LogP contribution in [-0.2, 0) is 10.0 Å². The zero-order valence-electron chi connectivity index (χ0n) is 10.3. The zero-order valence-corrected chi connectivity index (χ0v) is 11.8. The van der Waals surface area contributed by atoms with Crippen LogP contribution in [0.25, 0.3) is 10.9 Å². The summed E-state index contributed by atoms with van der Waals surface area (Å²) < 4.78 is 25.6. The van der Waals surface area contributed by atoms with Crippen LogP contribution in [0.2, 0.25) is 5.02 Å². The number of hydrogen-bond donors (Lipinski definition) is 2. The van der Waals surface area contributed by atoms with Gasteiger partial charge in [-0.05, 0) is 18.2 Å². The van der Waals surface area contributed by atoms with Crippen LogP contribution in [0.4, 0.5) is 0 Å². The summed E-state index contributed by atoms with van der Waals surface area (Å²) in [6.45, 7) is 0. The maximum atomic E-state index is 12.3. The van der Waals surface area contributed by atoms with Crippen molar-refractivity contribution in [1.29, 1.82) is 0 Å². The lowest BCUT2D eigenvalue weighted by Crippen LogP contribution is -2.25. The lowest BCUT2D eigenvalue weighted by Gasteiger charge is -2.11. The SMILES string of the molecule is CN(C)S(=O)(=O)c1c(C(N)=O)[nH]c2ccc(Cl)cc12. The van der Waals surface area contributed by atoms with Crippen LogP contribution in [0.15, 0.2) is 23.1 Å². The molecule has 1 heterocycles. The van der Waals surface area contributed by atoms with Gasteiger partial charge in [0.1, 0.15) is 10.6 Å². The maximum absolute atomic E-state index is 12.3. The van der Waals surface area contributed by atoms with Gasteiger partial charge in [0.15, 0.2) is 0 Å². The standard InChI is InChI=1S/C11H12ClN3O3S/c1-15(2)19(17,18)10-7-5-6(12)3-4-8(7)14-9(10)11(13)16/h3-5,14H,1-2H3,(H2,13,16). The number of amides is 1. The normalized spacial score (nSPS) is 12.2. The second-order valence-corrected chi connectivity index (χ2v) is 6.70. The fourth-order valence-corrected chi connectivity index (χ4v) is 3.16. The van der Waals surface area contributed by atoms with Gasteiger partial charge in [-0.25, -0.2) is 12.7 Å². The molecule has 3 N–H and O–H groups in total. The number of aromatic nitrogens is 1. The molecular formula is C11H12ClN3O3S. The van der Waals surface area contributed by atoms with E-state index in [1.807, 2.05) is 0 Å². The number of primary amides is 1. The van der Waals surface area contributed by atoms with Crippen molar-refractivity contribution in [1.82, 2.24) is 9.29 Å². The van der Waals surface area contributed by atoms with Gasteiger partial charge in [-0.2, -0.15) is 0 Å². The molecule has 0 aliphatic rings. The Morgan fingerprint density at radius 2 is 2.00 bits per heavy atom. The van der Waals surface area contributed by atoms with Crippen molar-refractivity contribution >= 4 is 38.4 Å². The van der Waals surface area contributed by atoms with Crippen LogP contribution in [0.1, 0.15) is 10.5 Å². The summed E-state index contributed by atoms with van der Waals surface area (Å²) in [7, 11) is -1.05. The topological polar surface area (TPSA) is 96.3 Å². The van der Waals surface area contributed by atoms with Crippen molar-refractivity contribution in [2.75, 3.05) is 14.1 Å². The van der Waals surface area contributed by atoms with E-state index in [0.717, 1.165) is 4.31 Å². The van der Waals surface area contributed by atoms with Crippen LogP contribution >= 0.6 is 11.6 Å². The number of benzene rings is 1. The molecule has 0 fully saturated rings. The highest BCUT2D eigenvalue weighted by molar-refractivity contribution is 7.89. The van der Waals surface area contributed by atoms with E-state index < -0.39 is 15.9 Å². The van der Waals surface area contributed by atoms with Crippen LogP contribution in [0.5, 0.6) is 0 Å². The minimum atomic E-state index is -3.81. The minimum Gasteiger partial charge on any atom is -0.364 e. The Balaban J connectivity index is 2.94. The molecule has 102 valence electrons. The van der Waals surface area contributed by atoms with Gasteiger partial charge in [0.05, 0.1) is 0 Å². The van der Waals surface area contributed by atoms with Gasteiger partial charge >= 0.3 is 0 Å². The lowest BCUT2D eigenvalue weighted by molar-refractivity contribution is 0.0993. The van der Waals surface area contributed by atoms with E-state index in [2.05, 4.69) is 4.98 Å². The Kier molecular flexibility index (Phi) is 3.29. The van der Waals surface area contributed by atoms with E-state index in [1.54, 1.807) is 12.1 Å². The molecule has 19 heavy (non-hydrogen) atoms. The molecule has 1 aromatic heterocycles. The van der Waals surface area contributed by atoms with Gasteiger partial charge in [-0.1, -0.05) is 11.6 Å². The fourth-order valence-electron chi connectivity index (χ4n) is 1.76. The highest BCUT2D eigenvalue weighted by atomic mass is 35.5. The first-order valence-corrected chi connectivity index (χ1v) is 7.10. The van der Waals surface area contributed by atoms with E-state index in [-0.39, 0.29) is 10.6 Å². The molecule has 1 amide bonds. The van der Waals surface area contributed by atoms with Crippen molar-refractivity contribution in [2.45, 2.75) is 4.90 Å². The number of halogens is 1. The molecule has 6 nitrogen and oxygen atoms in total. The molecular weight excluding hydrogens is 290 g/mol. The molecule has 2 aromatic rings. The quantitative estimate of drug-likeness (QED) is 0.890. The summed E-state index contributed by atoms with van der Waals surface area (Å²) in [5.74, 6) is -0.840. The molecule has 0 atom stereocenters. The van der Waals surface area contributed by atoms with Crippen LogP contribution in [0.3, 0.4) is 0 Å². The molecule has 0 aliphatic carbocycles. The number of H-pyrrole nitrogens is 1. The Bertz CT molecular complexity index is 765. The second-order valence-electron chi connectivity index (χ2n) is 4.17. The molecule has 0 radical (unpaired) electrons. The largest absolute Gasteiger partial charge is 0.364 e. The minimum absolute atomic E-state index is 0.147. The van der Waals surface area contributed by atoms with Gasteiger partial charge in [0, 0.05) is 30.0 Å². The number of nitrogens with two attached hydrogens (primary N) is 1. The Hall–Kier alpha value is -1.57. The van der Waals surface area contributed by atoms with Crippen molar-refractivity contribution in [3.63, 3.8) is 0 Å². The van der Waals surface area contributed by atoms with E-state index in [1.165, 1.54) is 20.2 Å². The summed E-state index contributed by atoms with van der Waals surface area (Å²) in [6.07, 6.45) is 0. The first kappa shape index (κ1) is 13.9. The Morgan fingerprint density at radius 1 is 1.37 bits per heavy atom. The smallest absolute Gasteiger partial charge is 0.266 e. The van der Waals surface area contributed by atoms with Crippen LogP contribution in [-0.4, -0.2) is 37.7 Å². The van der Waals surface area contributed by atoms with Gasteiger partial charge < -0.3 is 10.7 Å². The summed E-state index contributed by atoms with van der Waals surface area (Å²) in [4.78, 5) is 14.0. The Morgan fingerprint density at radius 3 is 2.53 bits per heavy atom. The van der Waals surface area contributed by atoms with E-state index in [0.29, 0.717) is 15.9 Å². The van der Waals surface area contributed by atoms with Crippen molar-refractivity contribution in [3.8, 4) is 0 Å². The molecule has 0 aliphatic heterocycles. The molecule has 0 saturated heterocycles. The second kappa shape index (κ2) is 4.52. The predicted molar refractivity (Wildman–Crippen MR) is 72.7 cm³/mol. The molecule has 0 saturated carbocycles. The number of carbonyl (C=O) groups excluding carboxylic acids is 1. The van der Waals surface area contributed by atoms with Gasteiger partial charge in [-0.15, -0.1) is 0 Å². The average molecular weight is 302 g/mol. The highest BCUT2D eigenvalue weighted by Crippen LogP contribution is 2.30. The number of carbonyl (C=O) groups is 1. The summed E-state index contributed by atoms with van der Waals surface area (Å²) in [5, 5.41) is 0.715. The number of nitrogens with zero attached hydrogens (tertiary/aromatic N) is 1. The summed E-state index contributed by atoms with van der Waals surface area (Å²) >= 11 is 5.87. The third-order valence-electron chi connectivity index (χ3n) is 2.70. The van der Waals surface area contributed by atoms with Gasteiger partial charge in [0.25, 0.3) is 5.91 Å². The number of sulfonamides is 1. The highest BCUT2D eigenvalue weighted by Gasteiger charge is 2.28. The third-order valence-corrected chi connectivity index (χ3v) is 4.83. The number of fused-ring (bicyclic) bond motifs is 1. The predicted octanol–water partition coefficient (Wildman–Crippen LogP) is 1.17. The average Bonchev–Trinajstić information content (AvgIpc) is 2.67. The molecule has 2 rings (SSSR count). The monoisotopic (exact) mass is 301 g/mol. The fraction of sp³-hybridized carbons (Fsp3) is 0.182. The van der Waals surface area contributed by atoms with Gasteiger partial charge in [0.2, 0.25) is 10.0 Å². The third kappa shape index (κ3) is 2.20. The lowest BCUT2D eigenvalue weighted by atomic mass is 10.2. The Labute approximate surface area is 115 Å². The van der Waals surface area contributed by atoms with Crippen molar-refractivity contribution < 1.29 is 13.2 Å².